The summed E-state index contributed by atoms with van der Waals surface area (Å²) in [6.45, 7) is 2.87. The molecule has 0 unspecified atom stereocenters. The number of aromatic nitrogens is 4. The van der Waals surface area contributed by atoms with Crippen molar-refractivity contribution in [2.75, 3.05) is 24.2 Å². The highest BCUT2D eigenvalue weighted by Gasteiger charge is 2.28. The molecule has 168 valence electrons. The highest BCUT2D eigenvalue weighted by atomic mass is 32.2. The molecule has 31 heavy (non-hydrogen) atoms. The first-order valence-corrected chi connectivity index (χ1v) is 13.2. The fraction of sp³-hybridized carbons (Fsp3) is 0.600. The van der Waals surface area contributed by atoms with E-state index < -0.39 is 10.0 Å². The van der Waals surface area contributed by atoms with Gasteiger partial charge >= 0.3 is 0 Å². The zero-order valence-corrected chi connectivity index (χ0v) is 19.3. The van der Waals surface area contributed by atoms with E-state index in [9.17, 15) is 13.2 Å². The second-order valence-corrected chi connectivity index (χ2v) is 11.0. The summed E-state index contributed by atoms with van der Waals surface area (Å²) in [5, 5.41) is 15.3. The topological polar surface area (TPSA) is 110 Å². The molecule has 0 bridgehead atoms. The van der Waals surface area contributed by atoms with Crippen LogP contribution in [0.25, 0.3) is 0 Å². The Balaban J connectivity index is 1.41. The van der Waals surface area contributed by atoms with Crippen LogP contribution in [0.15, 0.2) is 28.3 Å². The van der Waals surface area contributed by atoms with E-state index in [2.05, 4.69) is 20.8 Å². The van der Waals surface area contributed by atoms with Crippen molar-refractivity contribution < 1.29 is 13.2 Å². The summed E-state index contributed by atoms with van der Waals surface area (Å²) in [5.41, 5.74) is 1.15. The number of nitrogens with zero attached hydrogens (tertiary/aromatic N) is 5. The molecule has 2 fully saturated rings. The summed E-state index contributed by atoms with van der Waals surface area (Å²) in [4.78, 5) is 12.8. The van der Waals surface area contributed by atoms with Crippen molar-refractivity contribution in [1.29, 1.82) is 0 Å². The molecule has 1 amide bonds. The van der Waals surface area contributed by atoms with Crippen LogP contribution in [0.5, 0.6) is 0 Å². The maximum atomic E-state index is 13.1. The summed E-state index contributed by atoms with van der Waals surface area (Å²) < 4.78 is 29.5. The van der Waals surface area contributed by atoms with Crippen molar-refractivity contribution in [3.63, 3.8) is 0 Å². The Morgan fingerprint density at radius 2 is 1.90 bits per heavy atom. The first-order chi connectivity index (χ1) is 14.9. The molecule has 1 saturated carbocycles. The number of rotatable bonds is 7. The van der Waals surface area contributed by atoms with Crippen LogP contribution in [0.1, 0.15) is 56.6 Å². The number of aryl methyl sites for hydroxylation is 1. The molecule has 1 aliphatic carbocycles. The number of thioether (sulfide) groups is 1. The Kier molecular flexibility index (Phi) is 6.92. The lowest BCUT2D eigenvalue weighted by Crippen LogP contribution is -2.36. The van der Waals surface area contributed by atoms with Gasteiger partial charge in [0.2, 0.25) is 21.1 Å². The van der Waals surface area contributed by atoms with Crippen molar-refractivity contribution in [3.05, 3.63) is 23.8 Å². The molecule has 1 N–H and O–H groups in total. The lowest BCUT2D eigenvalue weighted by molar-refractivity contribution is -0.113. The quantitative estimate of drug-likeness (QED) is 0.627. The monoisotopic (exact) mass is 464 g/mol. The van der Waals surface area contributed by atoms with Gasteiger partial charge in [0, 0.05) is 18.8 Å². The van der Waals surface area contributed by atoms with Crippen LogP contribution in [0, 0.1) is 6.92 Å². The molecule has 0 radical (unpaired) electrons. The third kappa shape index (κ3) is 5.09. The third-order valence-electron chi connectivity index (χ3n) is 5.87. The summed E-state index contributed by atoms with van der Waals surface area (Å²) in [7, 11) is -3.57. The summed E-state index contributed by atoms with van der Waals surface area (Å²) in [5.74, 6) is -0.0778. The minimum Gasteiger partial charge on any atom is -0.325 e. The number of carbonyl (C=O) groups is 1. The Hall–Kier alpha value is -1.98. The molecule has 0 spiro atoms. The minimum absolute atomic E-state index is 0.148. The first-order valence-electron chi connectivity index (χ1n) is 10.8. The van der Waals surface area contributed by atoms with Crippen molar-refractivity contribution in [1.82, 2.24) is 24.5 Å². The molecule has 2 heterocycles. The molecular formula is C20H28N6O3S2. The van der Waals surface area contributed by atoms with Gasteiger partial charge in [-0.2, -0.15) is 4.31 Å². The normalized spacial score (nSPS) is 18.4. The van der Waals surface area contributed by atoms with Crippen molar-refractivity contribution in [2.45, 2.75) is 68.0 Å². The van der Waals surface area contributed by atoms with Gasteiger partial charge in [-0.15, -0.1) is 5.10 Å². The van der Waals surface area contributed by atoms with Crippen LogP contribution in [-0.4, -0.2) is 57.7 Å². The summed E-state index contributed by atoms with van der Waals surface area (Å²) >= 11 is 1.29. The molecule has 2 aromatic rings. The van der Waals surface area contributed by atoms with Gasteiger partial charge in [-0.25, -0.2) is 13.1 Å². The van der Waals surface area contributed by atoms with Gasteiger partial charge in [0.1, 0.15) is 0 Å². The number of hydrogen-bond acceptors (Lipinski definition) is 7. The Morgan fingerprint density at radius 3 is 2.65 bits per heavy atom. The molecule has 11 heteroatoms. The van der Waals surface area contributed by atoms with Gasteiger partial charge in [-0.1, -0.05) is 37.1 Å². The molecule has 1 saturated heterocycles. The van der Waals surface area contributed by atoms with Crippen LogP contribution in [0.4, 0.5) is 5.69 Å². The SMILES string of the molecule is Cc1ccc(NC(=O)CSc2nnnn2C2CCCC2)cc1S(=O)(=O)N1CCCCC1. The Morgan fingerprint density at radius 1 is 1.16 bits per heavy atom. The van der Waals surface area contributed by atoms with Crippen LogP contribution < -0.4 is 5.32 Å². The van der Waals surface area contributed by atoms with Gasteiger partial charge in [-0.3, -0.25) is 4.79 Å². The maximum Gasteiger partial charge on any atom is 0.243 e. The number of amides is 1. The summed E-state index contributed by atoms with van der Waals surface area (Å²) in [6, 6.07) is 5.33. The van der Waals surface area contributed by atoms with E-state index in [0.29, 0.717) is 35.5 Å². The predicted octanol–water partition coefficient (Wildman–Crippen LogP) is 3.00. The van der Waals surface area contributed by atoms with Crippen LogP contribution >= 0.6 is 11.8 Å². The van der Waals surface area contributed by atoms with E-state index >= 15 is 0 Å². The Labute approximate surface area is 187 Å². The fourth-order valence-corrected chi connectivity index (χ4v) is 6.70. The smallest absolute Gasteiger partial charge is 0.243 e. The number of carbonyl (C=O) groups excluding carboxylic acids is 1. The number of piperidine rings is 1. The van der Waals surface area contributed by atoms with Gasteiger partial charge in [0.15, 0.2) is 0 Å². The standard InChI is InChI=1S/C20H28N6O3S2/c1-15-9-10-16(13-18(15)31(28,29)25-11-5-2-6-12-25)21-19(27)14-30-20-22-23-24-26(20)17-7-3-4-8-17/h9-10,13,17H,2-8,11-12,14H2,1H3,(H,21,27). The largest absolute Gasteiger partial charge is 0.325 e. The highest BCUT2D eigenvalue weighted by Crippen LogP contribution is 2.31. The second kappa shape index (κ2) is 9.66. The van der Waals surface area contributed by atoms with E-state index in [1.807, 2.05) is 4.68 Å². The summed E-state index contributed by atoms with van der Waals surface area (Å²) in [6.07, 6.45) is 7.28. The molecule has 9 nitrogen and oxygen atoms in total. The molecular weight excluding hydrogens is 436 g/mol. The number of benzene rings is 1. The van der Waals surface area contributed by atoms with Crippen LogP contribution in [0.2, 0.25) is 0 Å². The molecule has 2 aliphatic rings. The van der Waals surface area contributed by atoms with Crippen LogP contribution in [-0.2, 0) is 14.8 Å². The van der Waals surface area contributed by atoms with Gasteiger partial charge in [0.05, 0.1) is 16.7 Å². The number of nitrogens with one attached hydrogen (secondary N) is 1. The van der Waals surface area contributed by atoms with Crippen LogP contribution in [0.3, 0.4) is 0 Å². The lowest BCUT2D eigenvalue weighted by Gasteiger charge is -2.26. The number of sulfonamides is 1. The zero-order valence-electron chi connectivity index (χ0n) is 17.7. The van der Waals surface area contributed by atoms with E-state index in [4.69, 9.17) is 0 Å². The number of tetrazole rings is 1. The van der Waals surface area contributed by atoms with E-state index in [-0.39, 0.29) is 16.6 Å². The molecule has 0 atom stereocenters. The van der Waals surface area contributed by atoms with E-state index in [1.54, 1.807) is 29.4 Å². The minimum atomic E-state index is -3.57. The molecule has 1 aliphatic heterocycles. The first kappa shape index (κ1) is 22.2. The second-order valence-electron chi connectivity index (χ2n) is 8.13. The van der Waals surface area contributed by atoms with E-state index in [0.717, 1.165) is 32.1 Å². The molecule has 1 aromatic heterocycles. The van der Waals surface area contributed by atoms with E-state index in [1.165, 1.54) is 24.6 Å². The Bertz CT molecular complexity index is 1030. The molecule has 4 rings (SSSR count). The average molecular weight is 465 g/mol. The zero-order chi connectivity index (χ0) is 21.8. The highest BCUT2D eigenvalue weighted by molar-refractivity contribution is 7.99. The van der Waals surface area contributed by atoms with Gasteiger partial charge in [0.25, 0.3) is 0 Å². The van der Waals surface area contributed by atoms with Gasteiger partial charge < -0.3 is 5.32 Å². The third-order valence-corrected chi connectivity index (χ3v) is 8.84. The lowest BCUT2D eigenvalue weighted by atomic mass is 10.2. The fourth-order valence-electron chi connectivity index (χ4n) is 4.19. The molecule has 1 aromatic carbocycles. The maximum absolute atomic E-state index is 13.1. The van der Waals surface area contributed by atoms with Crippen molar-refractivity contribution >= 4 is 33.4 Å². The number of anilines is 1. The predicted molar refractivity (Wildman–Crippen MR) is 118 cm³/mol. The van der Waals surface area contributed by atoms with Crippen molar-refractivity contribution in [2.24, 2.45) is 0 Å². The van der Waals surface area contributed by atoms with Crippen molar-refractivity contribution in [3.8, 4) is 0 Å². The number of hydrogen-bond donors (Lipinski definition) is 1. The average Bonchev–Trinajstić information content (AvgIpc) is 3.46. The van der Waals surface area contributed by atoms with Gasteiger partial charge in [-0.05, 0) is 60.7 Å².